The molecule has 0 bridgehead atoms. The van der Waals surface area contributed by atoms with Gasteiger partial charge in [-0.1, -0.05) is 18.2 Å². The summed E-state index contributed by atoms with van der Waals surface area (Å²) in [5.74, 6) is 0.726. The Balaban J connectivity index is 2.34. The summed E-state index contributed by atoms with van der Waals surface area (Å²) in [4.78, 5) is 0. The van der Waals surface area contributed by atoms with E-state index in [1.54, 1.807) is 11.1 Å². The average molecular weight is 189 g/mol. The third-order valence-corrected chi connectivity index (χ3v) is 3.38. The molecule has 1 aliphatic rings. The predicted octanol–water partition coefficient (Wildman–Crippen LogP) is 2.76. The van der Waals surface area contributed by atoms with Crippen LogP contribution in [0.2, 0.25) is 0 Å². The maximum Gasteiger partial charge on any atom is -0.00714 e. The van der Waals surface area contributed by atoms with Gasteiger partial charge in [0.1, 0.15) is 0 Å². The second kappa shape index (κ2) is 4.14. The van der Waals surface area contributed by atoms with E-state index >= 15 is 0 Å². The third-order valence-electron chi connectivity index (χ3n) is 3.38. The fourth-order valence-electron chi connectivity index (χ4n) is 2.63. The molecule has 0 fully saturated rings. The first-order valence-electron chi connectivity index (χ1n) is 5.61. The molecular weight excluding hydrogens is 170 g/mol. The summed E-state index contributed by atoms with van der Waals surface area (Å²) in [6.45, 7) is 3.04. The number of hydrogen-bond donors (Lipinski definition) is 1. The Morgan fingerprint density at radius 1 is 1.43 bits per heavy atom. The molecule has 0 amide bonds. The van der Waals surface area contributed by atoms with E-state index < -0.39 is 0 Å². The molecule has 1 atom stereocenters. The van der Waals surface area contributed by atoms with E-state index in [-0.39, 0.29) is 0 Å². The lowest BCUT2D eigenvalue weighted by Crippen LogP contribution is -2.14. The molecule has 0 saturated carbocycles. The Bertz CT molecular complexity index is 317. The van der Waals surface area contributed by atoms with E-state index in [4.69, 9.17) is 5.73 Å². The Hall–Kier alpha value is -0.820. The number of nitrogens with two attached hydrogens (primary N) is 1. The smallest absolute Gasteiger partial charge is 0.00714 e. The van der Waals surface area contributed by atoms with Crippen molar-refractivity contribution >= 4 is 0 Å². The highest BCUT2D eigenvalue weighted by atomic mass is 14.5. The van der Waals surface area contributed by atoms with Crippen molar-refractivity contribution in [1.29, 1.82) is 0 Å². The minimum atomic E-state index is 0.726. The van der Waals surface area contributed by atoms with Gasteiger partial charge < -0.3 is 5.73 Å². The summed E-state index contributed by atoms with van der Waals surface area (Å²) in [5.41, 5.74) is 10.3. The monoisotopic (exact) mass is 189 g/mol. The van der Waals surface area contributed by atoms with E-state index in [0.29, 0.717) is 0 Å². The molecule has 1 aromatic carbocycles. The molecule has 0 radical (unpaired) electrons. The minimum Gasteiger partial charge on any atom is -0.330 e. The van der Waals surface area contributed by atoms with Crippen molar-refractivity contribution < 1.29 is 0 Å². The van der Waals surface area contributed by atoms with E-state index in [1.165, 1.54) is 24.8 Å². The Morgan fingerprint density at radius 3 is 3.07 bits per heavy atom. The zero-order valence-electron chi connectivity index (χ0n) is 8.92. The number of fused-ring (bicyclic) bond motifs is 1. The van der Waals surface area contributed by atoms with Crippen LogP contribution < -0.4 is 5.73 Å². The van der Waals surface area contributed by atoms with E-state index in [1.807, 2.05) is 0 Å². The number of aryl methyl sites for hydroxylation is 1. The van der Waals surface area contributed by atoms with Crippen molar-refractivity contribution in [3.05, 3.63) is 34.9 Å². The Kier molecular flexibility index (Phi) is 2.87. The number of hydrogen-bond acceptors (Lipinski definition) is 1. The minimum absolute atomic E-state index is 0.726. The predicted molar refractivity (Wildman–Crippen MR) is 60.5 cm³/mol. The van der Waals surface area contributed by atoms with Crippen molar-refractivity contribution in [2.24, 2.45) is 5.73 Å². The molecule has 76 valence electrons. The number of rotatable bonds is 2. The zero-order valence-corrected chi connectivity index (χ0v) is 8.92. The third kappa shape index (κ3) is 1.69. The van der Waals surface area contributed by atoms with Crippen molar-refractivity contribution in [2.45, 2.75) is 38.5 Å². The fraction of sp³-hybridized carbons (Fsp3) is 0.538. The van der Waals surface area contributed by atoms with Crippen LogP contribution >= 0.6 is 0 Å². The molecule has 2 N–H and O–H groups in total. The standard InChI is InChI=1S/C13H19N/c1-10-4-2-7-13-11(8-9-14)5-3-6-12(10)13/h2,4,7,11H,3,5-6,8-9,14H2,1H3. The van der Waals surface area contributed by atoms with Crippen LogP contribution in [-0.2, 0) is 6.42 Å². The van der Waals surface area contributed by atoms with E-state index in [9.17, 15) is 0 Å². The summed E-state index contributed by atoms with van der Waals surface area (Å²) < 4.78 is 0. The molecule has 0 heterocycles. The zero-order chi connectivity index (χ0) is 9.97. The molecule has 0 spiro atoms. The molecule has 1 nitrogen and oxygen atoms in total. The van der Waals surface area contributed by atoms with Gasteiger partial charge in [-0.3, -0.25) is 0 Å². The highest BCUT2D eigenvalue weighted by molar-refractivity contribution is 5.38. The van der Waals surface area contributed by atoms with E-state index in [0.717, 1.165) is 18.9 Å². The van der Waals surface area contributed by atoms with Gasteiger partial charge in [0.05, 0.1) is 0 Å². The van der Waals surface area contributed by atoms with Crippen LogP contribution in [0.4, 0.5) is 0 Å². The summed E-state index contributed by atoms with van der Waals surface area (Å²) in [5, 5.41) is 0. The van der Waals surface area contributed by atoms with Crippen molar-refractivity contribution in [3.8, 4) is 0 Å². The van der Waals surface area contributed by atoms with Gasteiger partial charge in [0.25, 0.3) is 0 Å². The lowest BCUT2D eigenvalue weighted by Gasteiger charge is -2.26. The Labute approximate surface area is 86.3 Å². The van der Waals surface area contributed by atoms with Gasteiger partial charge in [0.15, 0.2) is 0 Å². The normalized spacial score (nSPS) is 20.6. The Morgan fingerprint density at radius 2 is 2.29 bits per heavy atom. The largest absolute Gasteiger partial charge is 0.330 e. The molecule has 0 saturated heterocycles. The highest BCUT2D eigenvalue weighted by Crippen LogP contribution is 2.34. The summed E-state index contributed by atoms with van der Waals surface area (Å²) >= 11 is 0. The van der Waals surface area contributed by atoms with Crippen LogP contribution in [0.5, 0.6) is 0 Å². The van der Waals surface area contributed by atoms with Crippen LogP contribution in [0.25, 0.3) is 0 Å². The first kappa shape index (κ1) is 9.72. The molecular formula is C13H19N. The van der Waals surface area contributed by atoms with Gasteiger partial charge in [-0.05, 0) is 61.8 Å². The van der Waals surface area contributed by atoms with Crippen LogP contribution in [0.15, 0.2) is 18.2 Å². The topological polar surface area (TPSA) is 26.0 Å². The molecule has 1 aromatic rings. The summed E-state index contributed by atoms with van der Waals surface area (Å²) in [7, 11) is 0. The van der Waals surface area contributed by atoms with Gasteiger partial charge in [-0.15, -0.1) is 0 Å². The SMILES string of the molecule is Cc1cccc2c1CCCC2CCN. The second-order valence-corrected chi connectivity index (χ2v) is 4.31. The van der Waals surface area contributed by atoms with Crippen molar-refractivity contribution in [2.75, 3.05) is 6.54 Å². The van der Waals surface area contributed by atoms with Crippen molar-refractivity contribution in [1.82, 2.24) is 0 Å². The molecule has 1 heteroatoms. The molecule has 14 heavy (non-hydrogen) atoms. The van der Waals surface area contributed by atoms with Gasteiger partial charge in [0.2, 0.25) is 0 Å². The number of benzene rings is 1. The summed E-state index contributed by atoms with van der Waals surface area (Å²) in [6, 6.07) is 6.70. The quantitative estimate of drug-likeness (QED) is 0.760. The van der Waals surface area contributed by atoms with Crippen LogP contribution in [0, 0.1) is 6.92 Å². The van der Waals surface area contributed by atoms with E-state index in [2.05, 4.69) is 25.1 Å². The van der Waals surface area contributed by atoms with Gasteiger partial charge >= 0.3 is 0 Å². The highest BCUT2D eigenvalue weighted by Gasteiger charge is 2.19. The van der Waals surface area contributed by atoms with Crippen LogP contribution in [-0.4, -0.2) is 6.54 Å². The molecule has 2 rings (SSSR count). The van der Waals surface area contributed by atoms with Gasteiger partial charge in [-0.2, -0.15) is 0 Å². The lowest BCUT2D eigenvalue weighted by atomic mass is 9.79. The molecule has 1 aliphatic carbocycles. The van der Waals surface area contributed by atoms with Gasteiger partial charge in [-0.25, -0.2) is 0 Å². The first-order valence-corrected chi connectivity index (χ1v) is 5.61. The lowest BCUT2D eigenvalue weighted by molar-refractivity contribution is 0.524. The molecule has 0 aromatic heterocycles. The summed E-state index contributed by atoms with van der Waals surface area (Å²) in [6.07, 6.45) is 5.08. The second-order valence-electron chi connectivity index (χ2n) is 4.31. The first-order chi connectivity index (χ1) is 6.83. The van der Waals surface area contributed by atoms with Gasteiger partial charge in [0, 0.05) is 0 Å². The molecule has 1 unspecified atom stereocenters. The van der Waals surface area contributed by atoms with Crippen molar-refractivity contribution in [3.63, 3.8) is 0 Å². The molecule has 0 aliphatic heterocycles. The van der Waals surface area contributed by atoms with Crippen LogP contribution in [0.1, 0.15) is 41.9 Å². The maximum atomic E-state index is 5.65. The fourth-order valence-corrected chi connectivity index (χ4v) is 2.63. The average Bonchev–Trinajstić information content (AvgIpc) is 2.20. The maximum absolute atomic E-state index is 5.65. The van der Waals surface area contributed by atoms with Crippen LogP contribution in [0.3, 0.4) is 0 Å².